The van der Waals surface area contributed by atoms with Crippen molar-refractivity contribution in [3.05, 3.63) is 47.5 Å². The number of halogens is 7. The second-order valence-electron chi connectivity index (χ2n) is 4.05. The van der Waals surface area contributed by atoms with Crippen LogP contribution in [0, 0.1) is 23.3 Å². The van der Waals surface area contributed by atoms with Crippen LogP contribution in [-0.4, -0.2) is 11.5 Å². The summed E-state index contributed by atoms with van der Waals surface area (Å²) in [4.78, 5) is 0. The summed E-state index contributed by atoms with van der Waals surface area (Å²) < 4.78 is 93.1. The number of rotatable bonds is 2. The number of hydrogen-bond acceptors (Lipinski definition) is 2. The third-order valence-corrected chi connectivity index (χ3v) is 2.62. The Morgan fingerprint density at radius 1 is 0.773 bits per heavy atom. The summed E-state index contributed by atoms with van der Waals surface area (Å²) >= 11 is 0. The van der Waals surface area contributed by atoms with Crippen molar-refractivity contribution in [1.29, 1.82) is 0 Å². The molecule has 2 aromatic rings. The first-order valence-corrected chi connectivity index (χ1v) is 5.53. The van der Waals surface area contributed by atoms with E-state index in [4.69, 9.17) is 5.11 Å². The summed E-state index contributed by atoms with van der Waals surface area (Å²) in [5.41, 5.74) is -1.60. The van der Waals surface area contributed by atoms with Crippen molar-refractivity contribution in [1.82, 2.24) is 0 Å². The maximum absolute atomic E-state index is 13.6. The van der Waals surface area contributed by atoms with Crippen molar-refractivity contribution in [2.45, 2.75) is 6.36 Å². The fourth-order valence-corrected chi connectivity index (χ4v) is 1.70. The molecule has 0 radical (unpaired) electrons. The Bertz CT molecular complexity index is 679. The van der Waals surface area contributed by atoms with Gasteiger partial charge in [0.05, 0.1) is 5.56 Å². The quantitative estimate of drug-likeness (QED) is 0.650. The van der Waals surface area contributed by atoms with E-state index in [0.717, 1.165) is 12.1 Å². The molecule has 0 saturated carbocycles. The van der Waals surface area contributed by atoms with E-state index < -0.39 is 52.3 Å². The van der Waals surface area contributed by atoms with Gasteiger partial charge >= 0.3 is 6.36 Å². The predicted molar refractivity (Wildman–Crippen MR) is 60.1 cm³/mol. The van der Waals surface area contributed by atoms with Crippen molar-refractivity contribution in [3.63, 3.8) is 0 Å². The maximum atomic E-state index is 13.6. The fraction of sp³-hybridized carbons (Fsp3) is 0.0769. The lowest BCUT2D eigenvalue weighted by molar-refractivity contribution is -0.274. The van der Waals surface area contributed by atoms with Crippen LogP contribution in [0.5, 0.6) is 11.5 Å². The second kappa shape index (κ2) is 5.39. The van der Waals surface area contributed by atoms with E-state index >= 15 is 0 Å². The first-order valence-electron chi connectivity index (χ1n) is 5.53. The topological polar surface area (TPSA) is 29.5 Å². The Hall–Kier alpha value is -2.45. The molecule has 9 heteroatoms. The Morgan fingerprint density at radius 3 is 1.64 bits per heavy atom. The number of phenols is 1. The Balaban J connectivity index is 2.50. The second-order valence-corrected chi connectivity index (χ2v) is 4.05. The number of alkyl halides is 3. The van der Waals surface area contributed by atoms with Crippen LogP contribution in [-0.2, 0) is 0 Å². The molecule has 0 aromatic heterocycles. The van der Waals surface area contributed by atoms with E-state index in [9.17, 15) is 30.7 Å². The number of aromatic hydroxyl groups is 1. The highest BCUT2D eigenvalue weighted by Crippen LogP contribution is 2.36. The number of hydrogen-bond donors (Lipinski definition) is 1. The molecule has 2 rings (SSSR count). The standard InChI is InChI=1S/C13H5F7O2/c14-8-7(9(15)11(17)12(21)10(8)16)5-1-3-6(4-2-5)22-13(18,19)20/h1-4,21H. The SMILES string of the molecule is Oc1c(F)c(F)c(-c2ccc(OC(F)(F)F)cc2)c(F)c1F. The molecular weight excluding hydrogens is 321 g/mol. The molecule has 0 aliphatic carbocycles. The molecule has 2 nitrogen and oxygen atoms in total. The van der Waals surface area contributed by atoms with Gasteiger partial charge in [-0.3, -0.25) is 0 Å². The Morgan fingerprint density at radius 2 is 1.23 bits per heavy atom. The molecular formula is C13H5F7O2. The monoisotopic (exact) mass is 326 g/mol. The number of benzene rings is 2. The molecule has 118 valence electrons. The summed E-state index contributed by atoms with van der Waals surface area (Å²) in [6.07, 6.45) is -4.96. The predicted octanol–water partition coefficient (Wildman–Crippen LogP) is 4.51. The van der Waals surface area contributed by atoms with Crippen LogP contribution in [0.3, 0.4) is 0 Å². The summed E-state index contributed by atoms with van der Waals surface area (Å²) in [5, 5.41) is 8.84. The van der Waals surface area contributed by atoms with Crippen molar-refractivity contribution in [2.75, 3.05) is 0 Å². The van der Waals surface area contributed by atoms with Gasteiger partial charge in [0.1, 0.15) is 5.75 Å². The largest absolute Gasteiger partial charge is 0.573 e. The normalized spacial score (nSPS) is 11.6. The zero-order valence-electron chi connectivity index (χ0n) is 10.3. The molecule has 0 fully saturated rings. The van der Waals surface area contributed by atoms with Gasteiger partial charge < -0.3 is 9.84 Å². The van der Waals surface area contributed by atoms with Gasteiger partial charge in [0.15, 0.2) is 17.4 Å². The fourth-order valence-electron chi connectivity index (χ4n) is 1.70. The van der Waals surface area contributed by atoms with Crippen molar-refractivity contribution in [2.24, 2.45) is 0 Å². The molecule has 0 atom stereocenters. The van der Waals surface area contributed by atoms with Crippen LogP contribution in [0.1, 0.15) is 0 Å². The summed E-state index contributed by atoms with van der Waals surface area (Å²) in [6.45, 7) is 0. The minimum absolute atomic E-state index is 0.442. The van der Waals surface area contributed by atoms with E-state index in [0.29, 0.717) is 12.1 Å². The zero-order chi connectivity index (χ0) is 16.7. The number of phenolic OH excluding ortho intramolecular Hbond substituents is 1. The third kappa shape index (κ3) is 2.92. The third-order valence-electron chi connectivity index (χ3n) is 2.62. The zero-order valence-corrected chi connectivity index (χ0v) is 10.3. The van der Waals surface area contributed by atoms with Gasteiger partial charge in [0.25, 0.3) is 0 Å². The van der Waals surface area contributed by atoms with Crippen molar-refractivity contribution < 1.29 is 40.6 Å². The molecule has 2 aromatic carbocycles. The van der Waals surface area contributed by atoms with Gasteiger partial charge in [0, 0.05) is 0 Å². The lowest BCUT2D eigenvalue weighted by Crippen LogP contribution is -2.16. The highest BCUT2D eigenvalue weighted by Gasteiger charge is 2.31. The van der Waals surface area contributed by atoms with Crippen molar-refractivity contribution in [3.8, 4) is 22.6 Å². The van der Waals surface area contributed by atoms with E-state index in [2.05, 4.69) is 4.74 Å². The van der Waals surface area contributed by atoms with Gasteiger partial charge in [-0.05, 0) is 17.7 Å². The molecule has 22 heavy (non-hydrogen) atoms. The smallest absolute Gasteiger partial charge is 0.503 e. The average molecular weight is 326 g/mol. The van der Waals surface area contributed by atoms with Crippen LogP contribution >= 0.6 is 0 Å². The minimum Gasteiger partial charge on any atom is -0.503 e. The van der Waals surface area contributed by atoms with Crippen LogP contribution in [0.2, 0.25) is 0 Å². The van der Waals surface area contributed by atoms with Gasteiger partial charge in [0.2, 0.25) is 11.6 Å². The van der Waals surface area contributed by atoms with Gasteiger partial charge in [-0.2, -0.15) is 8.78 Å². The first kappa shape index (κ1) is 15.9. The van der Waals surface area contributed by atoms with E-state index in [-0.39, 0.29) is 0 Å². The summed E-state index contributed by atoms with van der Waals surface area (Å²) in [5.74, 6) is -10.3. The van der Waals surface area contributed by atoms with Gasteiger partial charge in [-0.1, -0.05) is 12.1 Å². The van der Waals surface area contributed by atoms with Crippen LogP contribution in [0.15, 0.2) is 24.3 Å². The molecule has 0 spiro atoms. The molecule has 0 bridgehead atoms. The molecule has 1 N–H and O–H groups in total. The van der Waals surface area contributed by atoms with Gasteiger partial charge in [-0.25, -0.2) is 8.78 Å². The van der Waals surface area contributed by atoms with E-state index in [1.165, 1.54) is 0 Å². The summed E-state index contributed by atoms with van der Waals surface area (Å²) in [7, 11) is 0. The number of ether oxygens (including phenoxy) is 1. The Labute approximate surface area is 118 Å². The van der Waals surface area contributed by atoms with Crippen LogP contribution < -0.4 is 4.74 Å². The molecule has 0 saturated heterocycles. The van der Waals surface area contributed by atoms with Crippen LogP contribution in [0.4, 0.5) is 30.7 Å². The first-order chi connectivity index (χ1) is 10.1. The molecule has 0 aliphatic heterocycles. The van der Waals surface area contributed by atoms with Crippen LogP contribution in [0.25, 0.3) is 11.1 Å². The molecule has 0 amide bonds. The molecule has 0 unspecified atom stereocenters. The Kier molecular flexibility index (Phi) is 3.90. The molecule has 0 heterocycles. The van der Waals surface area contributed by atoms with E-state index in [1.807, 2.05) is 0 Å². The maximum Gasteiger partial charge on any atom is 0.573 e. The highest BCUT2D eigenvalue weighted by atomic mass is 19.4. The summed E-state index contributed by atoms with van der Waals surface area (Å²) in [6, 6.07) is 2.98. The lowest BCUT2D eigenvalue weighted by Gasteiger charge is -2.11. The lowest BCUT2D eigenvalue weighted by atomic mass is 10.0. The average Bonchev–Trinajstić information content (AvgIpc) is 2.43. The molecule has 0 aliphatic rings. The van der Waals surface area contributed by atoms with Crippen molar-refractivity contribution >= 4 is 0 Å². The minimum atomic E-state index is -4.96. The highest BCUT2D eigenvalue weighted by molar-refractivity contribution is 5.67. The van der Waals surface area contributed by atoms with Gasteiger partial charge in [-0.15, -0.1) is 13.2 Å². The van der Waals surface area contributed by atoms with E-state index in [1.54, 1.807) is 0 Å².